The highest BCUT2D eigenvalue weighted by Gasteiger charge is 2.08. The summed E-state index contributed by atoms with van der Waals surface area (Å²) in [5.41, 5.74) is 3.37. The monoisotopic (exact) mass is 332 g/mol. The van der Waals surface area contributed by atoms with Crippen LogP contribution >= 0.6 is 27.5 Å². The lowest BCUT2D eigenvalue weighted by molar-refractivity contribution is -0.134. The summed E-state index contributed by atoms with van der Waals surface area (Å²) in [6.07, 6.45) is 0. The van der Waals surface area contributed by atoms with E-state index in [2.05, 4.69) is 44.4 Å². The molecular formula is C12H14BrClN2O2. The van der Waals surface area contributed by atoms with Crippen LogP contribution in [0, 0.1) is 0 Å². The molecule has 0 saturated carbocycles. The van der Waals surface area contributed by atoms with E-state index in [1.807, 2.05) is 12.1 Å². The van der Waals surface area contributed by atoms with Gasteiger partial charge in [0.15, 0.2) is 0 Å². The van der Waals surface area contributed by atoms with Crippen molar-refractivity contribution in [3.8, 4) is 0 Å². The van der Waals surface area contributed by atoms with Gasteiger partial charge < -0.3 is 4.74 Å². The first-order chi connectivity index (χ1) is 8.63. The molecule has 0 bridgehead atoms. The van der Waals surface area contributed by atoms with Crippen molar-refractivity contribution in [3.63, 3.8) is 0 Å². The second kappa shape index (κ2) is 9.67. The van der Waals surface area contributed by atoms with E-state index < -0.39 is 5.97 Å². The fourth-order valence-electron chi connectivity index (χ4n) is 0.874. The van der Waals surface area contributed by atoms with E-state index in [0.717, 1.165) is 10.2 Å². The smallest absolute Gasteiger partial charge is 0.370 e. The van der Waals surface area contributed by atoms with Crippen LogP contribution in [0.25, 0.3) is 0 Å². The number of anilines is 1. The lowest BCUT2D eigenvalue weighted by atomic mass is 10.3. The summed E-state index contributed by atoms with van der Waals surface area (Å²) in [7, 11) is 0. The third-order valence-corrected chi connectivity index (χ3v) is 2.34. The minimum Gasteiger partial charge on any atom is -0.461 e. The molecule has 1 aromatic carbocycles. The Hall–Kier alpha value is -1.33. The van der Waals surface area contributed by atoms with Gasteiger partial charge in [0.1, 0.15) is 0 Å². The molecule has 98 valence electrons. The van der Waals surface area contributed by atoms with Crippen molar-refractivity contribution in [2.45, 2.75) is 6.92 Å². The van der Waals surface area contributed by atoms with E-state index >= 15 is 0 Å². The summed E-state index contributed by atoms with van der Waals surface area (Å²) >= 11 is 8.90. The molecule has 0 spiro atoms. The van der Waals surface area contributed by atoms with Crippen molar-refractivity contribution in [3.05, 3.63) is 41.9 Å². The van der Waals surface area contributed by atoms with Gasteiger partial charge in [-0.15, -0.1) is 13.2 Å². The first-order valence-electron chi connectivity index (χ1n) is 5.05. The number of esters is 1. The number of hydrogen-bond acceptors (Lipinski definition) is 4. The van der Waals surface area contributed by atoms with Crippen LogP contribution in [-0.4, -0.2) is 17.7 Å². The molecule has 0 radical (unpaired) electrons. The Morgan fingerprint density at radius 1 is 1.44 bits per heavy atom. The first kappa shape index (κ1) is 16.7. The van der Waals surface area contributed by atoms with Crippen LogP contribution in [-0.2, 0) is 9.53 Å². The zero-order valence-corrected chi connectivity index (χ0v) is 12.3. The van der Waals surface area contributed by atoms with Crippen molar-refractivity contribution in [1.82, 2.24) is 0 Å². The topological polar surface area (TPSA) is 50.7 Å². The van der Waals surface area contributed by atoms with Crippen LogP contribution in [0.5, 0.6) is 0 Å². The maximum absolute atomic E-state index is 11.1. The molecule has 0 atom stereocenters. The predicted molar refractivity (Wildman–Crippen MR) is 78.9 cm³/mol. The van der Waals surface area contributed by atoms with E-state index in [0.29, 0.717) is 0 Å². The quantitative estimate of drug-likeness (QED) is 0.395. The number of benzene rings is 1. The normalized spacial score (nSPS) is 10.1. The number of hydrogen-bond donors (Lipinski definition) is 1. The van der Waals surface area contributed by atoms with E-state index in [4.69, 9.17) is 11.6 Å². The number of nitrogens with one attached hydrogen (secondary N) is 1. The van der Waals surface area contributed by atoms with Crippen LogP contribution in [0.4, 0.5) is 5.69 Å². The molecular weight excluding hydrogens is 320 g/mol. The molecule has 18 heavy (non-hydrogen) atoms. The zero-order chi connectivity index (χ0) is 14.0. The maximum Gasteiger partial charge on any atom is 0.370 e. The third-order valence-electron chi connectivity index (χ3n) is 1.57. The fourth-order valence-corrected chi connectivity index (χ4v) is 1.24. The van der Waals surface area contributed by atoms with E-state index in [9.17, 15) is 4.79 Å². The van der Waals surface area contributed by atoms with Crippen LogP contribution in [0.15, 0.2) is 47.0 Å². The average Bonchev–Trinajstić information content (AvgIpc) is 2.40. The van der Waals surface area contributed by atoms with Crippen molar-refractivity contribution in [2.75, 3.05) is 12.0 Å². The second-order valence-corrected chi connectivity index (χ2v) is 4.02. The van der Waals surface area contributed by atoms with Crippen LogP contribution in [0.1, 0.15) is 6.92 Å². The SMILES string of the molecule is C=C.CCOC(=O)/C(Cl)=N\Nc1ccc(Br)cc1. The molecule has 1 N–H and O–H groups in total. The maximum atomic E-state index is 11.1. The van der Waals surface area contributed by atoms with E-state index in [-0.39, 0.29) is 11.8 Å². The lowest BCUT2D eigenvalue weighted by Crippen LogP contribution is -2.13. The van der Waals surface area contributed by atoms with E-state index in [1.165, 1.54) is 0 Å². The van der Waals surface area contributed by atoms with Crippen LogP contribution in [0.3, 0.4) is 0 Å². The number of ether oxygens (including phenoxy) is 1. The molecule has 0 aromatic heterocycles. The highest BCUT2D eigenvalue weighted by molar-refractivity contribution is 9.10. The van der Waals surface area contributed by atoms with Gasteiger partial charge in [0.25, 0.3) is 0 Å². The van der Waals surface area contributed by atoms with Gasteiger partial charge in [-0.05, 0) is 31.2 Å². The molecule has 0 amide bonds. The highest BCUT2D eigenvalue weighted by atomic mass is 79.9. The molecule has 0 heterocycles. The summed E-state index contributed by atoms with van der Waals surface area (Å²) in [5.74, 6) is -0.645. The summed E-state index contributed by atoms with van der Waals surface area (Å²) in [5, 5.41) is 3.45. The molecule has 4 nitrogen and oxygen atoms in total. The Labute approximate surface area is 120 Å². The minimum absolute atomic E-state index is 0.232. The Bertz CT molecular complexity index is 407. The minimum atomic E-state index is -0.645. The van der Waals surface area contributed by atoms with Gasteiger partial charge in [-0.1, -0.05) is 27.5 Å². The molecule has 6 heteroatoms. The number of carbonyl (C=O) groups is 1. The van der Waals surface area contributed by atoms with Crippen LogP contribution < -0.4 is 5.43 Å². The van der Waals surface area contributed by atoms with Crippen molar-refractivity contribution in [1.29, 1.82) is 0 Å². The van der Waals surface area contributed by atoms with Gasteiger partial charge in [-0.25, -0.2) is 4.79 Å². The Morgan fingerprint density at radius 3 is 2.50 bits per heavy atom. The summed E-state index contributed by atoms with van der Waals surface area (Å²) in [6, 6.07) is 7.28. The zero-order valence-electron chi connectivity index (χ0n) is 9.95. The fraction of sp³-hybridized carbons (Fsp3) is 0.167. The van der Waals surface area contributed by atoms with Gasteiger partial charge in [0.05, 0.1) is 12.3 Å². The summed E-state index contributed by atoms with van der Waals surface area (Å²) in [6.45, 7) is 7.97. The van der Waals surface area contributed by atoms with E-state index in [1.54, 1.807) is 19.1 Å². The second-order valence-electron chi connectivity index (χ2n) is 2.74. The number of halogens is 2. The molecule has 0 saturated heterocycles. The Morgan fingerprint density at radius 2 is 2.00 bits per heavy atom. The largest absolute Gasteiger partial charge is 0.461 e. The molecule has 1 rings (SSSR count). The van der Waals surface area contributed by atoms with Gasteiger partial charge in [0.2, 0.25) is 5.17 Å². The Kier molecular flexibility index (Phi) is 8.96. The van der Waals surface area contributed by atoms with Crippen molar-refractivity contribution < 1.29 is 9.53 Å². The molecule has 0 aliphatic heterocycles. The Balaban J connectivity index is 0.00000137. The van der Waals surface area contributed by atoms with Gasteiger partial charge in [0, 0.05) is 4.47 Å². The van der Waals surface area contributed by atoms with Gasteiger partial charge >= 0.3 is 5.97 Å². The molecule has 0 aliphatic rings. The standard InChI is InChI=1S/C10H10BrClN2O2.C2H4/c1-2-16-10(15)9(12)14-13-8-5-3-7(11)4-6-8;1-2/h3-6,13H,2H2,1H3;1-2H2/b14-9+;. The number of rotatable bonds is 4. The summed E-state index contributed by atoms with van der Waals surface area (Å²) < 4.78 is 5.62. The molecule has 0 fully saturated rings. The van der Waals surface area contributed by atoms with Crippen LogP contribution in [0.2, 0.25) is 0 Å². The highest BCUT2D eigenvalue weighted by Crippen LogP contribution is 2.14. The van der Waals surface area contributed by atoms with Crippen molar-refractivity contribution >= 4 is 44.4 Å². The number of hydrazone groups is 1. The van der Waals surface area contributed by atoms with Crippen molar-refractivity contribution in [2.24, 2.45) is 5.10 Å². The first-order valence-corrected chi connectivity index (χ1v) is 6.22. The van der Waals surface area contributed by atoms with Gasteiger partial charge in [-0.3, -0.25) is 5.43 Å². The third kappa shape index (κ3) is 6.42. The predicted octanol–water partition coefficient (Wildman–Crippen LogP) is 3.78. The molecule has 0 unspecified atom stereocenters. The average molecular weight is 334 g/mol. The summed E-state index contributed by atoms with van der Waals surface area (Å²) in [4.78, 5) is 11.1. The molecule has 0 aliphatic carbocycles. The number of nitrogens with zero attached hydrogens (tertiary/aromatic N) is 1. The number of carbonyl (C=O) groups excluding carboxylic acids is 1. The molecule has 1 aromatic rings. The van der Waals surface area contributed by atoms with Gasteiger partial charge in [-0.2, -0.15) is 5.10 Å². The lowest BCUT2D eigenvalue weighted by Gasteiger charge is -2.01.